The minimum atomic E-state index is -1.89. The smallest absolute Gasteiger partial charge is 0.192 e. The van der Waals surface area contributed by atoms with Crippen LogP contribution in [0.1, 0.15) is 43.5 Å². The molecule has 9 heteroatoms. The number of pyridine rings is 1. The maximum Gasteiger partial charge on any atom is 0.192 e. The van der Waals surface area contributed by atoms with Crippen LogP contribution in [0, 0.1) is 0 Å². The molecule has 0 saturated carbocycles. The number of nitrogens with two attached hydrogens (primary N) is 1. The Morgan fingerprint density at radius 2 is 1.91 bits per heavy atom. The van der Waals surface area contributed by atoms with Crippen molar-refractivity contribution in [1.82, 2.24) is 20.3 Å². The number of nitrogen functional groups attached to an aromatic ring is 1. The van der Waals surface area contributed by atoms with E-state index < -0.39 is 8.32 Å². The van der Waals surface area contributed by atoms with Crippen LogP contribution in [0.2, 0.25) is 18.1 Å². The average Bonchev–Trinajstić information content (AvgIpc) is 3.38. The van der Waals surface area contributed by atoms with Gasteiger partial charge in [-0.1, -0.05) is 51.1 Å². The first-order valence-electron chi connectivity index (χ1n) is 10.9. The highest BCUT2D eigenvalue weighted by Crippen LogP contribution is 2.37. The third-order valence-electron chi connectivity index (χ3n) is 6.45. The third kappa shape index (κ3) is 4.64. The molecule has 0 amide bonds. The largest absolute Gasteiger partial charge is 0.414 e. The summed E-state index contributed by atoms with van der Waals surface area (Å²) < 4.78 is 8.62. The lowest BCUT2D eigenvalue weighted by Crippen LogP contribution is -2.42. The van der Waals surface area contributed by atoms with Crippen LogP contribution in [0.4, 0.5) is 17.3 Å². The van der Waals surface area contributed by atoms with Gasteiger partial charge in [-0.15, -0.1) is 5.53 Å². The summed E-state index contributed by atoms with van der Waals surface area (Å²) >= 11 is 0. The Kier molecular flexibility index (Phi) is 5.98. The van der Waals surface area contributed by atoms with Crippen molar-refractivity contribution in [3.63, 3.8) is 0 Å². The molecule has 2 aromatic heterocycles. The first-order valence-corrected chi connectivity index (χ1v) is 13.8. The summed E-state index contributed by atoms with van der Waals surface area (Å²) in [7, 11) is -1.89. The van der Waals surface area contributed by atoms with Gasteiger partial charge in [-0.05, 0) is 40.9 Å². The van der Waals surface area contributed by atoms with Gasteiger partial charge in [0, 0.05) is 12.6 Å². The molecule has 8 nitrogen and oxygen atoms in total. The Bertz CT molecular complexity index is 1080. The first kappa shape index (κ1) is 22.3. The maximum atomic E-state index is 6.60. The molecule has 3 heterocycles. The van der Waals surface area contributed by atoms with E-state index in [-0.39, 0.29) is 11.1 Å². The molecular formula is C23H33N7OSi. The molecule has 1 unspecified atom stereocenters. The lowest BCUT2D eigenvalue weighted by atomic mass is 10.1. The van der Waals surface area contributed by atoms with Crippen molar-refractivity contribution >= 4 is 25.6 Å². The van der Waals surface area contributed by atoms with E-state index in [0.29, 0.717) is 24.7 Å². The fourth-order valence-electron chi connectivity index (χ4n) is 3.51. The van der Waals surface area contributed by atoms with Crippen LogP contribution < -0.4 is 22.1 Å². The summed E-state index contributed by atoms with van der Waals surface area (Å²) in [6.07, 6.45) is 4.71. The van der Waals surface area contributed by atoms with Gasteiger partial charge in [0.15, 0.2) is 14.1 Å². The number of anilines is 3. The number of hydrogen-bond acceptors (Lipinski definition) is 7. The Balaban J connectivity index is 1.59. The van der Waals surface area contributed by atoms with Gasteiger partial charge in [-0.25, -0.2) is 4.98 Å². The molecule has 32 heavy (non-hydrogen) atoms. The van der Waals surface area contributed by atoms with Gasteiger partial charge >= 0.3 is 0 Å². The van der Waals surface area contributed by atoms with Crippen LogP contribution in [0.5, 0.6) is 0 Å². The van der Waals surface area contributed by atoms with E-state index in [9.17, 15) is 0 Å². The quantitative estimate of drug-likeness (QED) is 0.397. The lowest BCUT2D eigenvalue weighted by Gasteiger charge is -2.37. The van der Waals surface area contributed by atoms with E-state index >= 15 is 0 Å². The van der Waals surface area contributed by atoms with Gasteiger partial charge < -0.3 is 15.6 Å². The van der Waals surface area contributed by atoms with E-state index in [1.807, 2.05) is 23.0 Å². The molecule has 0 radical (unpaired) electrons. The number of nitrogens with zero attached hydrogens (tertiary/aromatic N) is 3. The lowest BCUT2D eigenvalue weighted by molar-refractivity contribution is 0.240. The Labute approximate surface area is 190 Å². The molecule has 1 aliphatic rings. The number of aromatic nitrogens is 3. The topological polar surface area (TPSA) is 102 Å². The van der Waals surface area contributed by atoms with Crippen LogP contribution in [0.3, 0.4) is 0 Å². The summed E-state index contributed by atoms with van der Waals surface area (Å²) in [5, 5.41) is 4.87. The van der Waals surface area contributed by atoms with Crippen molar-refractivity contribution in [3.05, 3.63) is 65.5 Å². The second kappa shape index (κ2) is 8.57. The third-order valence-corrected chi connectivity index (χ3v) is 11.0. The van der Waals surface area contributed by atoms with Crippen LogP contribution in [-0.2, 0) is 10.8 Å². The predicted molar refractivity (Wildman–Crippen MR) is 132 cm³/mol. The van der Waals surface area contributed by atoms with E-state index in [0.717, 1.165) is 16.8 Å². The molecule has 0 fully saturated rings. The minimum absolute atomic E-state index is 0.00811. The minimum Gasteiger partial charge on any atom is -0.414 e. The summed E-state index contributed by atoms with van der Waals surface area (Å²) in [5.74, 6) is 1.19. The molecule has 0 spiro atoms. The molecule has 0 bridgehead atoms. The average molecular weight is 452 g/mol. The van der Waals surface area contributed by atoms with Crippen molar-refractivity contribution in [1.29, 1.82) is 0 Å². The molecular weight excluding hydrogens is 418 g/mol. The van der Waals surface area contributed by atoms with Gasteiger partial charge in [0.25, 0.3) is 0 Å². The molecule has 0 aliphatic carbocycles. The maximum absolute atomic E-state index is 6.60. The standard InChI is InChI=1S/C23H33N7OSi/c1-23(2,3)32(4,5)31-15-19(17-9-7-6-8-10-17)30-14-16(13-25-30)11-18-12-20(24)26-22-21(18)27-29-28-22/h6-10,12-14,19,27,29H,11,15H2,1-5H3,(H3,24,26,28). The first-order chi connectivity index (χ1) is 15.1. The molecule has 4 rings (SSSR count). The van der Waals surface area contributed by atoms with Gasteiger partial charge in [0.1, 0.15) is 5.82 Å². The van der Waals surface area contributed by atoms with Crippen molar-refractivity contribution < 1.29 is 4.43 Å². The summed E-state index contributed by atoms with van der Waals surface area (Å²) in [6.45, 7) is 12.0. The molecule has 1 atom stereocenters. The fraction of sp³-hybridized carbons (Fsp3) is 0.391. The molecule has 1 aromatic carbocycles. The Morgan fingerprint density at radius 3 is 2.62 bits per heavy atom. The van der Waals surface area contributed by atoms with E-state index in [2.05, 4.69) is 85.7 Å². The zero-order valence-electron chi connectivity index (χ0n) is 19.4. The van der Waals surface area contributed by atoms with Crippen molar-refractivity contribution in [3.8, 4) is 0 Å². The highest BCUT2D eigenvalue weighted by Gasteiger charge is 2.38. The molecule has 1 aliphatic heterocycles. The second-order valence-corrected chi connectivity index (χ2v) is 14.6. The van der Waals surface area contributed by atoms with E-state index in [4.69, 9.17) is 15.3 Å². The molecule has 5 N–H and O–H groups in total. The van der Waals surface area contributed by atoms with Crippen LogP contribution in [0.25, 0.3) is 0 Å². The Hall–Kier alpha value is -2.88. The van der Waals surface area contributed by atoms with E-state index in [1.165, 1.54) is 5.56 Å². The number of benzene rings is 1. The summed E-state index contributed by atoms with van der Waals surface area (Å²) in [5.41, 5.74) is 19.2. The normalized spacial score (nSPS) is 14.5. The van der Waals surface area contributed by atoms with Gasteiger partial charge in [0.05, 0.1) is 24.5 Å². The zero-order valence-corrected chi connectivity index (χ0v) is 20.4. The van der Waals surface area contributed by atoms with Crippen molar-refractivity contribution in [2.24, 2.45) is 0 Å². The molecule has 0 saturated heterocycles. The van der Waals surface area contributed by atoms with Crippen molar-refractivity contribution in [2.45, 2.75) is 51.4 Å². The number of hydrazine groups is 2. The van der Waals surface area contributed by atoms with Crippen molar-refractivity contribution in [2.75, 3.05) is 23.2 Å². The van der Waals surface area contributed by atoms with Gasteiger partial charge in [-0.3, -0.25) is 10.1 Å². The highest BCUT2D eigenvalue weighted by molar-refractivity contribution is 6.74. The Morgan fingerprint density at radius 1 is 1.16 bits per heavy atom. The number of nitrogens with one attached hydrogen (secondary N) is 3. The highest BCUT2D eigenvalue weighted by atomic mass is 28.4. The second-order valence-electron chi connectivity index (χ2n) is 9.81. The monoisotopic (exact) mass is 451 g/mol. The van der Waals surface area contributed by atoms with Crippen LogP contribution >= 0.6 is 0 Å². The number of fused-ring (bicyclic) bond motifs is 1. The van der Waals surface area contributed by atoms with Crippen LogP contribution in [0.15, 0.2) is 48.8 Å². The summed E-state index contributed by atoms with van der Waals surface area (Å²) in [4.78, 5) is 4.30. The zero-order chi connectivity index (χ0) is 22.9. The van der Waals surface area contributed by atoms with Crippen LogP contribution in [-0.4, -0.2) is 29.7 Å². The molecule has 3 aromatic rings. The SMILES string of the molecule is CC(C)(C)[Si](C)(C)OCC(c1ccccc1)n1cc(Cc2cc(N)nc3c2NNN3)cn1. The fourth-order valence-corrected chi connectivity index (χ4v) is 4.51. The van der Waals surface area contributed by atoms with Gasteiger partial charge in [0.2, 0.25) is 0 Å². The predicted octanol–water partition coefficient (Wildman–Crippen LogP) is 4.32. The number of hydrogen-bond donors (Lipinski definition) is 4. The molecule has 170 valence electrons. The van der Waals surface area contributed by atoms with E-state index in [1.54, 1.807) is 0 Å². The van der Waals surface area contributed by atoms with Gasteiger partial charge in [-0.2, -0.15) is 5.10 Å². The number of rotatable bonds is 7. The summed E-state index contributed by atoms with van der Waals surface area (Å²) in [6, 6.07) is 12.3.